The maximum absolute atomic E-state index is 13.0. The molecule has 1 aliphatic carbocycles. The number of nitrogens with zero attached hydrogens (tertiary/aromatic N) is 1. The molecule has 1 saturated heterocycles. The van der Waals surface area contributed by atoms with Crippen molar-refractivity contribution in [1.29, 1.82) is 0 Å². The minimum absolute atomic E-state index is 0.298. The molecule has 2 unspecified atom stereocenters. The van der Waals surface area contributed by atoms with Crippen LogP contribution in [-0.4, -0.2) is 29.9 Å². The monoisotopic (exact) mass is 284 g/mol. The Morgan fingerprint density at radius 2 is 1.95 bits per heavy atom. The second kappa shape index (κ2) is 4.84. The van der Waals surface area contributed by atoms with Crippen LogP contribution >= 0.6 is 0 Å². The lowest BCUT2D eigenvalue weighted by Crippen LogP contribution is -2.44. The van der Waals surface area contributed by atoms with E-state index < -0.39 is 0 Å². The normalized spacial score (nSPS) is 30.0. The molecule has 3 nitrogen and oxygen atoms in total. The summed E-state index contributed by atoms with van der Waals surface area (Å²) in [5.74, 6) is 0.714. The van der Waals surface area contributed by atoms with Crippen LogP contribution in [0.4, 0.5) is 0 Å². The number of nitrogens with one attached hydrogen (secondary N) is 1. The summed E-state index contributed by atoms with van der Waals surface area (Å²) >= 11 is 0. The first-order valence-corrected chi connectivity index (χ1v) is 8.28. The van der Waals surface area contributed by atoms with Gasteiger partial charge in [-0.1, -0.05) is 24.3 Å². The van der Waals surface area contributed by atoms with E-state index in [4.69, 9.17) is 0 Å². The molecule has 3 heteroatoms. The molecule has 112 valence electrons. The molecular formula is C18H24N2O. The average Bonchev–Trinajstić information content (AvgIpc) is 3.20. The lowest BCUT2D eigenvalue weighted by molar-refractivity contribution is -0.136. The van der Waals surface area contributed by atoms with Gasteiger partial charge in [0.25, 0.3) is 0 Å². The van der Waals surface area contributed by atoms with Crippen LogP contribution < -0.4 is 5.32 Å². The van der Waals surface area contributed by atoms with Crippen molar-refractivity contribution in [3.8, 4) is 0 Å². The zero-order chi connectivity index (χ0) is 14.4. The Kier molecular flexibility index (Phi) is 3.07. The smallest absolute Gasteiger partial charge is 0.226 e. The Bertz CT molecular complexity index is 562. The summed E-state index contributed by atoms with van der Waals surface area (Å²) < 4.78 is 0. The van der Waals surface area contributed by atoms with E-state index in [9.17, 15) is 4.79 Å². The average molecular weight is 284 g/mol. The van der Waals surface area contributed by atoms with E-state index in [-0.39, 0.29) is 0 Å². The second-order valence-corrected chi connectivity index (χ2v) is 7.16. The summed E-state index contributed by atoms with van der Waals surface area (Å²) in [7, 11) is 0. The third kappa shape index (κ3) is 2.18. The van der Waals surface area contributed by atoms with Gasteiger partial charge in [0.1, 0.15) is 0 Å². The van der Waals surface area contributed by atoms with Crippen molar-refractivity contribution < 1.29 is 4.79 Å². The predicted molar refractivity (Wildman–Crippen MR) is 82.8 cm³/mol. The summed E-state index contributed by atoms with van der Waals surface area (Å²) in [4.78, 5) is 15.1. The van der Waals surface area contributed by atoms with E-state index >= 15 is 0 Å². The molecule has 2 heterocycles. The zero-order valence-corrected chi connectivity index (χ0v) is 12.8. The molecule has 21 heavy (non-hydrogen) atoms. The molecule has 1 aromatic carbocycles. The Morgan fingerprint density at radius 1 is 1.24 bits per heavy atom. The van der Waals surface area contributed by atoms with Crippen molar-refractivity contribution in [3.05, 3.63) is 35.4 Å². The molecule has 3 aliphatic rings. The third-order valence-corrected chi connectivity index (χ3v) is 5.88. The molecule has 2 fully saturated rings. The van der Waals surface area contributed by atoms with E-state index in [1.165, 1.54) is 24.0 Å². The topological polar surface area (TPSA) is 32.3 Å². The minimum Gasteiger partial charge on any atom is -0.335 e. The Labute approximate surface area is 126 Å². The maximum atomic E-state index is 13.0. The summed E-state index contributed by atoms with van der Waals surface area (Å²) in [5, 5.41) is 3.42. The lowest BCUT2D eigenvalue weighted by Gasteiger charge is -2.36. The maximum Gasteiger partial charge on any atom is 0.226 e. The summed E-state index contributed by atoms with van der Waals surface area (Å²) in [6.07, 6.45) is 4.49. The molecule has 2 aliphatic heterocycles. The molecule has 1 aromatic rings. The fourth-order valence-corrected chi connectivity index (χ4v) is 4.35. The molecule has 0 aromatic heterocycles. The number of amides is 1. The fraction of sp³-hybridized carbons (Fsp3) is 0.611. The SMILES string of the molecule is CC1Cc2ccccc2CN1C(=O)C1CC12CCNCC2. The first-order chi connectivity index (χ1) is 10.2. The molecule has 2 atom stereocenters. The van der Waals surface area contributed by atoms with E-state index in [2.05, 4.69) is 41.4 Å². The zero-order valence-electron chi connectivity index (χ0n) is 12.8. The van der Waals surface area contributed by atoms with Gasteiger partial charge < -0.3 is 10.2 Å². The molecule has 1 spiro atoms. The standard InChI is InChI=1S/C18H24N2O/c1-13-10-14-4-2-3-5-15(14)12-20(13)17(21)16-11-18(16)6-8-19-9-7-18/h2-5,13,16,19H,6-12H2,1H3. The van der Waals surface area contributed by atoms with Gasteiger partial charge in [0.05, 0.1) is 0 Å². The number of hydrogen-bond donors (Lipinski definition) is 1. The van der Waals surface area contributed by atoms with Crippen LogP contribution in [0, 0.1) is 11.3 Å². The van der Waals surface area contributed by atoms with Crippen LogP contribution in [0.5, 0.6) is 0 Å². The summed E-state index contributed by atoms with van der Waals surface area (Å²) in [6, 6.07) is 8.91. The van der Waals surface area contributed by atoms with E-state index in [0.717, 1.165) is 32.5 Å². The van der Waals surface area contributed by atoms with Crippen LogP contribution in [0.25, 0.3) is 0 Å². The molecule has 1 N–H and O–H groups in total. The van der Waals surface area contributed by atoms with Crippen molar-refractivity contribution in [2.24, 2.45) is 11.3 Å². The van der Waals surface area contributed by atoms with Gasteiger partial charge in [-0.25, -0.2) is 0 Å². The number of piperidine rings is 1. The van der Waals surface area contributed by atoms with E-state index in [1.54, 1.807) is 0 Å². The van der Waals surface area contributed by atoms with Gasteiger partial charge in [0.2, 0.25) is 5.91 Å². The first-order valence-electron chi connectivity index (χ1n) is 8.28. The van der Waals surface area contributed by atoms with Crippen LogP contribution in [0.1, 0.15) is 37.3 Å². The Hall–Kier alpha value is -1.35. The summed E-state index contributed by atoms with van der Waals surface area (Å²) in [5.41, 5.74) is 3.10. The lowest BCUT2D eigenvalue weighted by atomic mass is 9.90. The molecule has 1 amide bonds. The van der Waals surface area contributed by atoms with Crippen molar-refractivity contribution in [1.82, 2.24) is 10.2 Å². The first kappa shape index (κ1) is 13.3. The number of carbonyl (C=O) groups excluding carboxylic acids is 1. The van der Waals surface area contributed by atoms with Crippen molar-refractivity contribution in [2.75, 3.05) is 13.1 Å². The van der Waals surface area contributed by atoms with Crippen LogP contribution in [-0.2, 0) is 17.8 Å². The summed E-state index contributed by atoms with van der Waals surface area (Å²) in [6.45, 7) is 5.18. The van der Waals surface area contributed by atoms with Crippen molar-refractivity contribution >= 4 is 5.91 Å². The molecule has 1 saturated carbocycles. The predicted octanol–water partition coefficient (Wildman–Crippen LogP) is 2.35. The highest BCUT2D eigenvalue weighted by atomic mass is 16.2. The van der Waals surface area contributed by atoms with Gasteiger partial charge in [-0.3, -0.25) is 4.79 Å². The van der Waals surface area contributed by atoms with Crippen LogP contribution in [0.3, 0.4) is 0 Å². The number of fused-ring (bicyclic) bond motifs is 1. The van der Waals surface area contributed by atoms with Crippen molar-refractivity contribution in [2.45, 2.75) is 45.2 Å². The van der Waals surface area contributed by atoms with Gasteiger partial charge in [-0.15, -0.1) is 0 Å². The minimum atomic E-state index is 0.298. The van der Waals surface area contributed by atoms with Gasteiger partial charge in [-0.2, -0.15) is 0 Å². The second-order valence-electron chi connectivity index (χ2n) is 7.16. The van der Waals surface area contributed by atoms with E-state index in [1.807, 2.05) is 0 Å². The molecule has 4 rings (SSSR count). The molecule has 0 radical (unpaired) electrons. The van der Waals surface area contributed by atoms with Gasteiger partial charge in [0.15, 0.2) is 0 Å². The van der Waals surface area contributed by atoms with Crippen LogP contribution in [0.2, 0.25) is 0 Å². The largest absolute Gasteiger partial charge is 0.335 e. The Morgan fingerprint density at radius 3 is 2.71 bits per heavy atom. The number of carbonyl (C=O) groups is 1. The van der Waals surface area contributed by atoms with Crippen molar-refractivity contribution in [3.63, 3.8) is 0 Å². The van der Waals surface area contributed by atoms with Gasteiger partial charge >= 0.3 is 0 Å². The Balaban J connectivity index is 1.51. The van der Waals surface area contributed by atoms with Crippen LogP contribution in [0.15, 0.2) is 24.3 Å². The van der Waals surface area contributed by atoms with Gasteiger partial charge in [-0.05, 0) is 62.2 Å². The highest BCUT2D eigenvalue weighted by molar-refractivity contribution is 5.83. The van der Waals surface area contributed by atoms with Gasteiger partial charge in [0, 0.05) is 18.5 Å². The fourth-order valence-electron chi connectivity index (χ4n) is 4.35. The molecular weight excluding hydrogens is 260 g/mol. The molecule has 0 bridgehead atoms. The number of hydrogen-bond acceptors (Lipinski definition) is 2. The number of rotatable bonds is 1. The van der Waals surface area contributed by atoms with E-state index in [0.29, 0.717) is 23.3 Å². The number of benzene rings is 1. The highest BCUT2D eigenvalue weighted by Crippen LogP contribution is 2.59. The highest BCUT2D eigenvalue weighted by Gasteiger charge is 2.58. The quantitative estimate of drug-likeness (QED) is 0.858. The third-order valence-electron chi connectivity index (χ3n) is 5.88.